The van der Waals surface area contributed by atoms with Crippen molar-refractivity contribution >= 4 is 40.2 Å². The first-order chi connectivity index (χ1) is 19.5. The second kappa shape index (κ2) is 11.6. The number of aromatic nitrogens is 3. The van der Waals surface area contributed by atoms with Crippen LogP contribution in [-0.4, -0.2) is 28.3 Å². The van der Waals surface area contributed by atoms with Crippen molar-refractivity contribution in [1.29, 1.82) is 0 Å². The Morgan fingerprint density at radius 3 is 2.39 bits per heavy atom. The van der Waals surface area contributed by atoms with Crippen molar-refractivity contribution in [2.24, 2.45) is 20.0 Å². The number of nitrogens with zero attached hydrogens (tertiary/aromatic N) is 3. The first kappa shape index (κ1) is 28.7. The highest BCUT2D eigenvalue weighted by molar-refractivity contribution is 6.35. The average Bonchev–Trinajstić information content (AvgIpc) is 3.73. The molecule has 9 nitrogen and oxygen atoms in total. The number of ether oxygens (including phenoxy) is 3. The predicted molar refractivity (Wildman–Crippen MR) is 147 cm³/mol. The number of carbonyl (C=O) groups excluding carboxylic acids is 1. The van der Waals surface area contributed by atoms with Gasteiger partial charge >= 0.3 is 18.3 Å². The molecule has 41 heavy (non-hydrogen) atoms. The minimum Gasteiger partial charge on any atom is -0.619 e. The van der Waals surface area contributed by atoms with Crippen LogP contribution in [0.4, 0.5) is 8.78 Å². The molecule has 1 fully saturated rings. The molecule has 4 aromatic rings. The molecule has 0 bridgehead atoms. The van der Waals surface area contributed by atoms with Gasteiger partial charge in [-0.2, -0.15) is 13.5 Å². The third kappa shape index (κ3) is 6.25. The normalized spacial score (nSPS) is 13.9. The predicted octanol–water partition coefficient (Wildman–Crippen LogP) is 5.35. The number of imidazole rings is 1. The monoisotopic (exact) mass is 607 g/mol. The van der Waals surface area contributed by atoms with Crippen LogP contribution >= 0.6 is 23.2 Å². The molecule has 0 spiro atoms. The van der Waals surface area contributed by atoms with Gasteiger partial charge in [0.2, 0.25) is 0 Å². The Bertz CT molecular complexity index is 1660. The van der Waals surface area contributed by atoms with E-state index in [4.69, 9.17) is 32.7 Å². The van der Waals surface area contributed by atoms with Gasteiger partial charge in [-0.05, 0) is 54.7 Å². The van der Waals surface area contributed by atoms with E-state index in [1.807, 2.05) is 0 Å². The molecule has 0 aliphatic heterocycles. The van der Waals surface area contributed by atoms with E-state index in [-0.39, 0.29) is 39.2 Å². The summed E-state index contributed by atoms with van der Waals surface area (Å²) in [4.78, 5) is 25.8. The summed E-state index contributed by atoms with van der Waals surface area (Å²) >= 11 is 12.6. The molecule has 216 valence electrons. The number of hydrogen-bond donors (Lipinski definition) is 0. The molecule has 1 unspecified atom stereocenters. The van der Waals surface area contributed by atoms with Gasteiger partial charge in [0.1, 0.15) is 16.1 Å². The number of aryl methyl sites for hydroxylation is 2. The van der Waals surface area contributed by atoms with Crippen LogP contribution in [0.25, 0.3) is 11.0 Å². The van der Waals surface area contributed by atoms with E-state index in [1.54, 1.807) is 26.2 Å². The van der Waals surface area contributed by atoms with Crippen LogP contribution < -0.4 is 19.9 Å². The van der Waals surface area contributed by atoms with Crippen LogP contribution in [0, 0.1) is 11.1 Å². The van der Waals surface area contributed by atoms with E-state index in [9.17, 15) is 23.6 Å². The highest BCUT2D eigenvalue weighted by Gasteiger charge is 2.27. The van der Waals surface area contributed by atoms with Crippen molar-refractivity contribution in [2.45, 2.75) is 32.0 Å². The summed E-state index contributed by atoms with van der Waals surface area (Å²) in [6, 6.07) is 8.98. The molecule has 0 amide bonds. The molecule has 0 N–H and O–H groups in total. The Balaban J connectivity index is 1.52. The zero-order valence-corrected chi connectivity index (χ0v) is 23.5. The van der Waals surface area contributed by atoms with Gasteiger partial charge in [0.25, 0.3) is 0 Å². The molecular weight excluding hydrogens is 583 g/mol. The van der Waals surface area contributed by atoms with Crippen molar-refractivity contribution in [3.05, 3.63) is 91.2 Å². The van der Waals surface area contributed by atoms with E-state index in [1.165, 1.54) is 33.4 Å². The van der Waals surface area contributed by atoms with Gasteiger partial charge in [0, 0.05) is 26.1 Å². The number of halogens is 4. The van der Waals surface area contributed by atoms with Crippen LogP contribution in [0.5, 0.6) is 11.5 Å². The quantitative estimate of drug-likeness (QED) is 0.137. The third-order valence-corrected chi connectivity index (χ3v) is 7.58. The summed E-state index contributed by atoms with van der Waals surface area (Å²) in [6.07, 6.45) is 3.12. The van der Waals surface area contributed by atoms with Crippen molar-refractivity contribution in [3.8, 4) is 11.5 Å². The highest BCUT2D eigenvalue weighted by Crippen LogP contribution is 2.38. The van der Waals surface area contributed by atoms with Gasteiger partial charge in [-0.25, -0.2) is 9.59 Å². The Hall–Kier alpha value is -3.83. The fourth-order valence-electron chi connectivity index (χ4n) is 4.49. The molecule has 1 atom stereocenters. The van der Waals surface area contributed by atoms with Gasteiger partial charge in [0.05, 0.1) is 23.2 Å². The van der Waals surface area contributed by atoms with Crippen LogP contribution in [0.3, 0.4) is 0 Å². The van der Waals surface area contributed by atoms with Gasteiger partial charge in [-0.15, -0.1) is 0 Å². The molecule has 1 aliphatic carbocycles. The maximum Gasteiger partial charge on any atom is 0.387 e. The number of rotatable bonds is 10. The molecule has 2 heterocycles. The summed E-state index contributed by atoms with van der Waals surface area (Å²) in [6.45, 7) is -2.74. The Kier molecular flexibility index (Phi) is 8.10. The summed E-state index contributed by atoms with van der Waals surface area (Å²) < 4.78 is 45.9. The van der Waals surface area contributed by atoms with Gasteiger partial charge in [-0.3, -0.25) is 9.13 Å². The fraction of sp³-hybridized carbons (Fsp3) is 0.321. The van der Waals surface area contributed by atoms with Gasteiger partial charge in [0.15, 0.2) is 23.9 Å². The Labute approximate surface area is 242 Å². The summed E-state index contributed by atoms with van der Waals surface area (Å²) in [7, 11) is 3.22. The van der Waals surface area contributed by atoms with Crippen molar-refractivity contribution in [3.63, 3.8) is 0 Å². The van der Waals surface area contributed by atoms with Crippen LogP contribution in [0.15, 0.2) is 53.6 Å². The maximum absolute atomic E-state index is 13.4. The zero-order chi connectivity index (χ0) is 29.4. The molecule has 0 saturated heterocycles. The molecule has 5 rings (SSSR count). The van der Waals surface area contributed by atoms with Crippen LogP contribution in [0.2, 0.25) is 10.0 Å². The van der Waals surface area contributed by atoms with Crippen molar-refractivity contribution < 1.29 is 32.5 Å². The molecule has 2 aromatic heterocycles. The van der Waals surface area contributed by atoms with E-state index in [0.29, 0.717) is 39.4 Å². The smallest absolute Gasteiger partial charge is 0.387 e. The fourth-order valence-corrected chi connectivity index (χ4v) is 5.09. The SMILES string of the molecule is Cn1c(=O)n(C)c2cc(C(=O)OC(Cc3c(Cl)c[n+]([O-])cc3Cl)c3ccc(OC(F)F)c(OCC4CC4)c3)ccc21. The number of esters is 1. The Morgan fingerprint density at radius 1 is 1.05 bits per heavy atom. The van der Waals surface area contributed by atoms with Gasteiger partial charge in [-0.1, -0.05) is 29.3 Å². The largest absolute Gasteiger partial charge is 0.619 e. The van der Waals surface area contributed by atoms with Gasteiger partial charge < -0.3 is 19.4 Å². The average molecular weight is 608 g/mol. The summed E-state index contributed by atoms with van der Waals surface area (Å²) in [5, 5.41) is 11.9. The van der Waals surface area contributed by atoms with E-state index in [2.05, 4.69) is 4.74 Å². The standard InChI is InChI=1S/C28H25Cl2F2N3O6/c1-33-21-7-5-17(9-22(21)34(2)28(33)37)26(36)40-24(11-18-19(29)12-35(38)13-20(18)30)16-6-8-23(41-27(31)32)25(10-16)39-14-15-3-4-15/h5-10,12-13,15,24,27H,3-4,11,14H2,1-2H3. The number of pyridine rings is 1. The number of fused-ring (bicyclic) bond motifs is 1. The maximum atomic E-state index is 13.4. The number of carbonyl (C=O) groups is 1. The summed E-state index contributed by atoms with van der Waals surface area (Å²) in [5.41, 5.74) is 1.82. The molecule has 1 saturated carbocycles. The second-order valence-corrected chi connectivity index (χ2v) is 10.6. The molecule has 1 aliphatic rings. The van der Waals surface area contributed by atoms with Crippen LogP contribution in [0.1, 0.15) is 40.4 Å². The van der Waals surface area contributed by atoms with E-state index in [0.717, 1.165) is 25.2 Å². The molecular formula is C28H25Cl2F2N3O6. The van der Waals surface area contributed by atoms with Crippen molar-refractivity contribution in [2.75, 3.05) is 6.61 Å². The van der Waals surface area contributed by atoms with E-state index >= 15 is 0 Å². The lowest BCUT2D eigenvalue weighted by atomic mass is 10.0. The lowest BCUT2D eigenvalue weighted by Gasteiger charge is -2.21. The molecule has 13 heteroatoms. The minimum atomic E-state index is -3.07. The first-order valence-corrected chi connectivity index (χ1v) is 13.4. The number of hydrogen-bond acceptors (Lipinski definition) is 6. The lowest BCUT2D eigenvalue weighted by molar-refractivity contribution is -0.605. The van der Waals surface area contributed by atoms with Crippen molar-refractivity contribution in [1.82, 2.24) is 9.13 Å². The molecule has 2 aromatic carbocycles. The number of benzene rings is 2. The number of alkyl halides is 2. The topological polar surface area (TPSA) is 98.6 Å². The Morgan fingerprint density at radius 2 is 1.73 bits per heavy atom. The lowest BCUT2D eigenvalue weighted by Crippen LogP contribution is -2.25. The molecule has 0 radical (unpaired) electrons. The first-order valence-electron chi connectivity index (χ1n) is 12.7. The highest BCUT2D eigenvalue weighted by atomic mass is 35.5. The van der Waals surface area contributed by atoms with E-state index < -0.39 is 18.7 Å². The summed E-state index contributed by atoms with van der Waals surface area (Å²) in [5.74, 6) is -0.480. The van der Waals surface area contributed by atoms with Crippen LogP contribution in [-0.2, 0) is 25.3 Å². The third-order valence-electron chi connectivity index (χ3n) is 6.93. The second-order valence-electron chi connectivity index (χ2n) is 9.83. The minimum absolute atomic E-state index is 0.0482. The zero-order valence-electron chi connectivity index (χ0n) is 22.0.